The van der Waals surface area contributed by atoms with Crippen LogP contribution in [0.4, 0.5) is 11.5 Å². The Balaban J connectivity index is 1.46. The van der Waals surface area contributed by atoms with Gasteiger partial charge in [0.1, 0.15) is 17.3 Å². The zero-order valence-corrected chi connectivity index (χ0v) is 15.8. The summed E-state index contributed by atoms with van der Waals surface area (Å²) in [5.41, 5.74) is 3.58. The molecule has 1 amide bonds. The maximum Gasteiger partial charge on any atom is 0.275 e. The summed E-state index contributed by atoms with van der Waals surface area (Å²) in [6.45, 7) is 4.12. The van der Waals surface area contributed by atoms with E-state index >= 15 is 0 Å². The molecule has 1 aliphatic heterocycles. The first kappa shape index (κ1) is 18.0. The third-order valence-corrected chi connectivity index (χ3v) is 4.76. The molecule has 0 unspecified atom stereocenters. The number of para-hydroxylation sites is 2. The Morgan fingerprint density at radius 2 is 1.86 bits per heavy atom. The van der Waals surface area contributed by atoms with Gasteiger partial charge in [0.2, 0.25) is 0 Å². The number of ether oxygens (including phenoxy) is 1. The fraction of sp³-hybridized carbons (Fsp3) is 0.227. The van der Waals surface area contributed by atoms with Gasteiger partial charge in [-0.15, -0.1) is 0 Å². The van der Waals surface area contributed by atoms with Gasteiger partial charge >= 0.3 is 0 Å². The number of carbonyl (C=O) groups is 1. The molecule has 0 aliphatic carbocycles. The number of aromatic nitrogens is 2. The number of nitrogens with one attached hydrogen (secondary N) is 1. The number of hydrogen-bond acceptors (Lipinski definition) is 5. The van der Waals surface area contributed by atoms with E-state index in [1.165, 1.54) is 17.3 Å². The monoisotopic (exact) mass is 374 g/mol. The lowest BCUT2D eigenvalue weighted by molar-refractivity contribution is 0.102. The van der Waals surface area contributed by atoms with Gasteiger partial charge in [-0.1, -0.05) is 36.4 Å². The van der Waals surface area contributed by atoms with Crippen LogP contribution in [0.3, 0.4) is 0 Å². The first-order chi connectivity index (χ1) is 13.7. The van der Waals surface area contributed by atoms with Gasteiger partial charge in [0.15, 0.2) is 0 Å². The van der Waals surface area contributed by atoms with Gasteiger partial charge < -0.3 is 15.0 Å². The van der Waals surface area contributed by atoms with Crippen molar-refractivity contribution in [3.05, 3.63) is 77.7 Å². The first-order valence-electron chi connectivity index (χ1n) is 9.41. The summed E-state index contributed by atoms with van der Waals surface area (Å²) >= 11 is 0. The molecule has 0 saturated heterocycles. The van der Waals surface area contributed by atoms with Crippen molar-refractivity contribution in [2.75, 3.05) is 23.4 Å². The minimum absolute atomic E-state index is 0.271. The fourth-order valence-electron chi connectivity index (χ4n) is 3.33. The summed E-state index contributed by atoms with van der Waals surface area (Å²) in [6.07, 6.45) is 4.17. The van der Waals surface area contributed by atoms with Crippen LogP contribution in [0.2, 0.25) is 0 Å². The second-order valence-electron chi connectivity index (χ2n) is 6.58. The predicted octanol–water partition coefficient (Wildman–Crippen LogP) is 3.69. The quantitative estimate of drug-likeness (QED) is 0.738. The zero-order valence-electron chi connectivity index (χ0n) is 15.8. The molecule has 2 heterocycles. The van der Waals surface area contributed by atoms with E-state index in [0.29, 0.717) is 18.0 Å². The fourth-order valence-corrected chi connectivity index (χ4v) is 3.33. The molecule has 142 valence electrons. The average Bonchev–Trinajstić information content (AvgIpc) is 2.75. The molecule has 1 aromatic heterocycles. The van der Waals surface area contributed by atoms with Crippen molar-refractivity contribution in [1.29, 1.82) is 0 Å². The largest absolute Gasteiger partial charge is 0.492 e. The average molecular weight is 374 g/mol. The van der Waals surface area contributed by atoms with Crippen LogP contribution in [-0.4, -0.2) is 29.0 Å². The number of rotatable bonds is 5. The first-order valence-corrected chi connectivity index (χ1v) is 9.41. The van der Waals surface area contributed by atoms with Crippen LogP contribution in [0, 0.1) is 0 Å². The van der Waals surface area contributed by atoms with Crippen molar-refractivity contribution in [2.45, 2.75) is 19.9 Å². The molecule has 28 heavy (non-hydrogen) atoms. The number of nitrogens with zero attached hydrogens (tertiary/aromatic N) is 3. The summed E-state index contributed by atoms with van der Waals surface area (Å²) in [6, 6.07) is 15.8. The molecule has 1 aliphatic rings. The van der Waals surface area contributed by atoms with E-state index < -0.39 is 0 Å². The molecule has 0 bridgehead atoms. The third kappa shape index (κ3) is 3.81. The number of benzene rings is 2. The molecule has 0 spiro atoms. The van der Waals surface area contributed by atoms with Gasteiger partial charge in [-0.05, 0) is 36.6 Å². The Kier molecular flexibility index (Phi) is 5.19. The molecule has 2 aromatic carbocycles. The van der Waals surface area contributed by atoms with Crippen molar-refractivity contribution in [3.8, 4) is 5.75 Å². The lowest BCUT2D eigenvalue weighted by atomic mass is 10.0. The van der Waals surface area contributed by atoms with Crippen LogP contribution < -0.4 is 15.0 Å². The molecular formula is C22H22N4O2. The molecular weight excluding hydrogens is 352 g/mol. The molecule has 0 saturated carbocycles. The van der Waals surface area contributed by atoms with Gasteiger partial charge in [-0.2, -0.15) is 0 Å². The van der Waals surface area contributed by atoms with Gasteiger partial charge in [0.05, 0.1) is 24.7 Å². The van der Waals surface area contributed by atoms with Crippen molar-refractivity contribution < 1.29 is 9.53 Å². The Bertz CT molecular complexity index is 972. The highest BCUT2D eigenvalue weighted by atomic mass is 16.5. The topological polar surface area (TPSA) is 67.3 Å². The Labute approximate surface area is 164 Å². The summed E-state index contributed by atoms with van der Waals surface area (Å²) in [7, 11) is 0. The smallest absolute Gasteiger partial charge is 0.275 e. The lowest BCUT2D eigenvalue weighted by Crippen LogP contribution is -2.31. The number of amides is 1. The molecule has 0 fully saturated rings. The molecule has 0 radical (unpaired) electrons. The molecule has 4 rings (SSSR count). The van der Waals surface area contributed by atoms with Crippen molar-refractivity contribution in [3.63, 3.8) is 0 Å². The van der Waals surface area contributed by atoms with Crippen molar-refractivity contribution in [1.82, 2.24) is 9.97 Å². The minimum Gasteiger partial charge on any atom is -0.492 e. The second kappa shape index (κ2) is 8.08. The highest BCUT2D eigenvalue weighted by molar-refractivity contribution is 6.03. The molecule has 6 nitrogen and oxygen atoms in total. The van der Waals surface area contributed by atoms with Crippen molar-refractivity contribution >= 4 is 17.4 Å². The Hall–Kier alpha value is -3.41. The van der Waals surface area contributed by atoms with E-state index in [0.717, 1.165) is 25.3 Å². The van der Waals surface area contributed by atoms with Crippen LogP contribution in [0.15, 0.2) is 60.9 Å². The highest BCUT2D eigenvalue weighted by Gasteiger charge is 2.18. The standard InChI is InChI=1S/C22H22N4O2/c1-2-28-20-10-6-5-9-18(20)25-22(27)19-13-24-21(14-23-19)26-12-11-16-7-3-4-8-17(16)15-26/h3-10,13-14H,2,11-12,15H2,1H3,(H,25,27). The predicted molar refractivity (Wildman–Crippen MR) is 109 cm³/mol. The van der Waals surface area contributed by atoms with E-state index in [2.05, 4.69) is 44.5 Å². The highest BCUT2D eigenvalue weighted by Crippen LogP contribution is 2.25. The summed E-state index contributed by atoms with van der Waals surface area (Å²) in [5.74, 6) is 1.10. The third-order valence-electron chi connectivity index (χ3n) is 4.76. The van der Waals surface area contributed by atoms with Gasteiger partial charge in [-0.3, -0.25) is 4.79 Å². The van der Waals surface area contributed by atoms with Crippen molar-refractivity contribution in [2.24, 2.45) is 0 Å². The van der Waals surface area contributed by atoms with E-state index in [4.69, 9.17) is 4.74 Å². The Morgan fingerprint density at radius 1 is 1.07 bits per heavy atom. The normalized spacial score (nSPS) is 13.0. The maximum atomic E-state index is 12.5. The maximum absolute atomic E-state index is 12.5. The summed E-state index contributed by atoms with van der Waals surface area (Å²) in [5, 5.41) is 2.84. The molecule has 6 heteroatoms. The van der Waals surface area contributed by atoms with Crippen LogP contribution in [0.1, 0.15) is 28.5 Å². The minimum atomic E-state index is -0.310. The number of hydrogen-bond donors (Lipinski definition) is 1. The summed E-state index contributed by atoms with van der Waals surface area (Å²) in [4.78, 5) is 23.5. The lowest BCUT2D eigenvalue weighted by Gasteiger charge is -2.29. The van der Waals surface area contributed by atoms with E-state index in [-0.39, 0.29) is 11.6 Å². The van der Waals surface area contributed by atoms with Crippen LogP contribution in [-0.2, 0) is 13.0 Å². The van der Waals surface area contributed by atoms with E-state index in [9.17, 15) is 4.79 Å². The molecule has 1 N–H and O–H groups in total. The van der Waals surface area contributed by atoms with E-state index in [1.54, 1.807) is 12.3 Å². The number of carbonyl (C=O) groups excluding carboxylic acids is 1. The number of anilines is 2. The van der Waals surface area contributed by atoms with E-state index in [1.807, 2.05) is 25.1 Å². The van der Waals surface area contributed by atoms with Crippen LogP contribution in [0.5, 0.6) is 5.75 Å². The molecule has 3 aromatic rings. The molecule has 0 atom stereocenters. The SMILES string of the molecule is CCOc1ccccc1NC(=O)c1cnc(N2CCc3ccccc3C2)cn1. The van der Waals surface area contributed by atoms with Gasteiger partial charge in [0.25, 0.3) is 5.91 Å². The van der Waals surface area contributed by atoms with Gasteiger partial charge in [-0.25, -0.2) is 9.97 Å². The number of fused-ring (bicyclic) bond motifs is 1. The van der Waals surface area contributed by atoms with Crippen LogP contribution in [0.25, 0.3) is 0 Å². The van der Waals surface area contributed by atoms with Crippen LogP contribution >= 0.6 is 0 Å². The Morgan fingerprint density at radius 3 is 2.64 bits per heavy atom. The summed E-state index contributed by atoms with van der Waals surface area (Å²) < 4.78 is 5.54. The zero-order chi connectivity index (χ0) is 19.3. The van der Waals surface area contributed by atoms with Gasteiger partial charge in [0, 0.05) is 13.1 Å². The second-order valence-corrected chi connectivity index (χ2v) is 6.58.